The number of phenolic OH excluding ortho intramolecular Hbond substituents is 1. The van der Waals surface area contributed by atoms with Crippen LogP contribution in [-0.2, 0) is 6.54 Å². The summed E-state index contributed by atoms with van der Waals surface area (Å²) in [6.07, 6.45) is 2.28. The third kappa shape index (κ3) is 3.99. The van der Waals surface area contributed by atoms with Crippen molar-refractivity contribution in [3.63, 3.8) is 0 Å². The lowest BCUT2D eigenvalue weighted by molar-refractivity contribution is 0.205. The summed E-state index contributed by atoms with van der Waals surface area (Å²) in [7, 11) is 0. The van der Waals surface area contributed by atoms with Gasteiger partial charge in [-0.05, 0) is 44.6 Å². The third-order valence-electron chi connectivity index (χ3n) is 3.72. The lowest BCUT2D eigenvalue weighted by Crippen LogP contribution is -2.42. The van der Waals surface area contributed by atoms with Gasteiger partial charge in [-0.25, -0.2) is 0 Å². The van der Waals surface area contributed by atoms with Crippen LogP contribution in [0.3, 0.4) is 0 Å². The predicted molar refractivity (Wildman–Crippen MR) is 80.1 cm³/mol. The van der Waals surface area contributed by atoms with Gasteiger partial charge in [-0.3, -0.25) is 0 Å². The Morgan fingerprint density at radius 2 is 2.00 bits per heavy atom. The van der Waals surface area contributed by atoms with Gasteiger partial charge in [0.2, 0.25) is 0 Å². The normalized spacial score (nSPS) is 17.8. The van der Waals surface area contributed by atoms with E-state index >= 15 is 0 Å². The fourth-order valence-corrected chi connectivity index (χ4v) is 3.00. The molecule has 1 fully saturated rings. The zero-order valence-electron chi connectivity index (χ0n) is 11.1. The molecule has 0 bridgehead atoms. The van der Waals surface area contributed by atoms with Crippen molar-refractivity contribution in [3.05, 3.63) is 27.7 Å². The molecule has 0 saturated carbocycles. The molecule has 3 nitrogen and oxygen atoms in total. The van der Waals surface area contributed by atoms with E-state index in [9.17, 15) is 5.11 Å². The average Bonchev–Trinajstić information content (AvgIpc) is 2.41. The van der Waals surface area contributed by atoms with Crippen LogP contribution in [0.15, 0.2) is 12.1 Å². The molecule has 19 heavy (non-hydrogen) atoms. The Balaban J connectivity index is 1.89. The second-order valence-electron chi connectivity index (χ2n) is 4.98. The average molecular weight is 303 g/mol. The summed E-state index contributed by atoms with van der Waals surface area (Å²) < 4.78 is 0. The highest BCUT2D eigenvalue weighted by molar-refractivity contribution is 6.35. The Morgan fingerprint density at radius 3 is 2.63 bits per heavy atom. The first kappa shape index (κ1) is 14.9. The number of benzene rings is 1. The van der Waals surface area contributed by atoms with E-state index in [1.165, 1.54) is 0 Å². The summed E-state index contributed by atoms with van der Waals surface area (Å²) in [6, 6.07) is 3.82. The second-order valence-corrected chi connectivity index (χ2v) is 5.83. The van der Waals surface area contributed by atoms with E-state index in [0.717, 1.165) is 38.0 Å². The van der Waals surface area contributed by atoms with Crippen molar-refractivity contribution in [2.45, 2.75) is 32.4 Å². The van der Waals surface area contributed by atoms with E-state index < -0.39 is 0 Å². The first-order valence-corrected chi connectivity index (χ1v) is 7.48. The molecule has 0 unspecified atom stereocenters. The largest absolute Gasteiger partial charge is 0.506 e. The minimum absolute atomic E-state index is 0.129. The van der Waals surface area contributed by atoms with Gasteiger partial charge < -0.3 is 15.3 Å². The van der Waals surface area contributed by atoms with Crippen molar-refractivity contribution < 1.29 is 5.11 Å². The number of nitrogens with one attached hydrogen (secondary N) is 1. The molecule has 5 heteroatoms. The van der Waals surface area contributed by atoms with E-state index in [2.05, 4.69) is 17.1 Å². The zero-order chi connectivity index (χ0) is 13.8. The van der Waals surface area contributed by atoms with Crippen LogP contribution in [0.4, 0.5) is 0 Å². The molecular formula is C14H20Cl2N2O. The fourth-order valence-electron chi connectivity index (χ4n) is 2.46. The van der Waals surface area contributed by atoms with Gasteiger partial charge in [0.1, 0.15) is 5.75 Å². The molecule has 106 valence electrons. The lowest BCUT2D eigenvalue weighted by Gasteiger charge is -2.31. The summed E-state index contributed by atoms with van der Waals surface area (Å²) in [6.45, 7) is 6.19. The second kappa shape index (κ2) is 6.80. The number of hydrogen-bond donors (Lipinski definition) is 2. The third-order valence-corrected chi connectivity index (χ3v) is 4.23. The Hall–Kier alpha value is -0.480. The van der Waals surface area contributed by atoms with Crippen LogP contribution >= 0.6 is 23.2 Å². The Morgan fingerprint density at radius 1 is 1.32 bits per heavy atom. The molecule has 2 N–H and O–H groups in total. The lowest BCUT2D eigenvalue weighted by atomic mass is 10.0. The smallest absolute Gasteiger partial charge is 0.138 e. The van der Waals surface area contributed by atoms with Crippen LogP contribution < -0.4 is 5.32 Å². The summed E-state index contributed by atoms with van der Waals surface area (Å²) >= 11 is 11.9. The number of nitrogens with zero attached hydrogens (tertiary/aromatic N) is 1. The van der Waals surface area contributed by atoms with Crippen molar-refractivity contribution in [2.75, 3.05) is 19.6 Å². The van der Waals surface area contributed by atoms with Gasteiger partial charge in [-0.1, -0.05) is 30.1 Å². The molecule has 0 aromatic heterocycles. The van der Waals surface area contributed by atoms with Gasteiger partial charge in [0.05, 0.1) is 5.02 Å². The number of hydrogen-bond acceptors (Lipinski definition) is 3. The van der Waals surface area contributed by atoms with Crippen molar-refractivity contribution in [3.8, 4) is 5.75 Å². The molecule has 0 atom stereocenters. The van der Waals surface area contributed by atoms with Gasteiger partial charge in [-0.2, -0.15) is 0 Å². The minimum atomic E-state index is 0.129. The van der Waals surface area contributed by atoms with E-state index in [1.807, 2.05) is 0 Å². The molecule has 0 aliphatic carbocycles. The topological polar surface area (TPSA) is 35.5 Å². The van der Waals surface area contributed by atoms with E-state index in [-0.39, 0.29) is 5.75 Å². The summed E-state index contributed by atoms with van der Waals surface area (Å²) in [4.78, 5) is 2.45. The van der Waals surface area contributed by atoms with Crippen LogP contribution in [0.1, 0.15) is 25.3 Å². The fraction of sp³-hybridized carbons (Fsp3) is 0.571. The predicted octanol–water partition coefficient (Wildman–Crippen LogP) is 3.27. The van der Waals surface area contributed by atoms with Gasteiger partial charge in [0.15, 0.2) is 0 Å². The molecule has 0 spiro atoms. The Bertz CT molecular complexity index is 432. The minimum Gasteiger partial charge on any atom is -0.506 e. The van der Waals surface area contributed by atoms with Crippen molar-refractivity contribution in [1.29, 1.82) is 0 Å². The van der Waals surface area contributed by atoms with Crippen molar-refractivity contribution >= 4 is 23.2 Å². The number of rotatable bonds is 4. The highest BCUT2D eigenvalue weighted by Gasteiger charge is 2.18. The van der Waals surface area contributed by atoms with E-state index in [1.54, 1.807) is 12.1 Å². The maximum atomic E-state index is 9.89. The Labute approximate surface area is 124 Å². The number of likely N-dealkylation sites (tertiary alicyclic amines) is 1. The highest BCUT2D eigenvalue weighted by atomic mass is 35.5. The molecule has 1 aliphatic heterocycles. The van der Waals surface area contributed by atoms with Crippen LogP contribution in [-0.4, -0.2) is 35.7 Å². The van der Waals surface area contributed by atoms with Gasteiger partial charge in [0, 0.05) is 23.2 Å². The molecule has 0 amide bonds. The van der Waals surface area contributed by atoms with Crippen LogP contribution in [0.5, 0.6) is 5.75 Å². The SMILES string of the molecule is CCN1CCC(NCc2cc(Cl)cc(Cl)c2O)CC1. The maximum absolute atomic E-state index is 9.89. The maximum Gasteiger partial charge on any atom is 0.138 e. The van der Waals surface area contributed by atoms with E-state index in [0.29, 0.717) is 22.6 Å². The number of aromatic hydroxyl groups is 1. The number of piperidine rings is 1. The molecule has 1 aliphatic rings. The van der Waals surface area contributed by atoms with Crippen LogP contribution in [0, 0.1) is 0 Å². The summed E-state index contributed by atoms with van der Waals surface area (Å²) in [5.41, 5.74) is 0.760. The standard InChI is InChI=1S/C14H20Cl2N2O/c1-2-18-5-3-12(4-6-18)17-9-10-7-11(15)8-13(16)14(10)19/h7-8,12,17,19H,2-6,9H2,1H3. The molecule has 1 aromatic rings. The van der Waals surface area contributed by atoms with Gasteiger partial charge in [-0.15, -0.1) is 0 Å². The molecule has 1 aromatic carbocycles. The first-order valence-electron chi connectivity index (χ1n) is 6.72. The monoisotopic (exact) mass is 302 g/mol. The first-order chi connectivity index (χ1) is 9.10. The number of phenols is 1. The molecular weight excluding hydrogens is 283 g/mol. The van der Waals surface area contributed by atoms with E-state index in [4.69, 9.17) is 23.2 Å². The molecule has 0 radical (unpaired) electrons. The Kier molecular flexibility index (Phi) is 5.34. The van der Waals surface area contributed by atoms with Gasteiger partial charge in [0.25, 0.3) is 0 Å². The summed E-state index contributed by atoms with van der Waals surface area (Å²) in [5.74, 6) is 0.129. The van der Waals surface area contributed by atoms with Crippen molar-refractivity contribution in [2.24, 2.45) is 0 Å². The molecule has 1 saturated heterocycles. The number of halogens is 2. The highest BCUT2D eigenvalue weighted by Crippen LogP contribution is 2.31. The summed E-state index contributed by atoms with van der Waals surface area (Å²) in [5, 5.41) is 14.2. The van der Waals surface area contributed by atoms with Crippen LogP contribution in [0.25, 0.3) is 0 Å². The quantitative estimate of drug-likeness (QED) is 0.896. The van der Waals surface area contributed by atoms with Crippen LogP contribution in [0.2, 0.25) is 10.0 Å². The zero-order valence-corrected chi connectivity index (χ0v) is 12.6. The van der Waals surface area contributed by atoms with Gasteiger partial charge >= 0.3 is 0 Å². The molecule has 2 rings (SSSR count). The van der Waals surface area contributed by atoms with Crippen molar-refractivity contribution in [1.82, 2.24) is 10.2 Å². The molecule has 1 heterocycles.